The number of aryl methyl sites for hydroxylation is 2. The number of aromatic nitrogens is 3. The lowest BCUT2D eigenvalue weighted by molar-refractivity contribution is 0.0713. The molecule has 1 fully saturated rings. The lowest BCUT2D eigenvalue weighted by Gasteiger charge is -2.25. The SMILES string of the molecule is Cc1ncsc1CN(C[C@H]1CCNC1)C(=O)c1n[nH]c2c1CCC2. The van der Waals surface area contributed by atoms with Crippen molar-refractivity contribution in [1.82, 2.24) is 25.4 Å². The van der Waals surface area contributed by atoms with E-state index in [-0.39, 0.29) is 5.91 Å². The number of nitrogens with zero attached hydrogens (tertiary/aromatic N) is 3. The van der Waals surface area contributed by atoms with E-state index < -0.39 is 0 Å². The molecule has 1 aliphatic carbocycles. The molecule has 2 N–H and O–H groups in total. The van der Waals surface area contributed by atoms with Crippen LogP contribution < -0.4 is 5.32 Å². The fourth-order valence-corrected chi connectivity index (χ4v) is 4.49. The second-order valence-corrected chi connectivity index (χ2v) is 7.73. The van der Waals surface area contributed by atoms with Gasteiger partial charge < -0.3 is 10.2 Å². The number of nitrogens with one attached hydrogen (secondary N) is 2. The molecule has 128 valence electrons. The molecule has 2 aliphatic rings. The van der Waals surface area contributed by atoms with Crippen LogP contribution in [0.25, 0.3) is 0 Å². The van der Waals surface area contributed by atoms with E-state index in [2.05, 4.69) is 20.5 Å². The molecule has 0 radical (unpaired) electrons. The molecule has 0 bridgehead atoms. The molecule has 0 unspecified atom stereocenters. The number of amides is 1. The molecule has 3 heterocycles. The van der Waals surface area contributed by atoms with Crippen molar-refractivity contribution in [3.8, 4) is 0 Å². The Morgan fingerprint density at radius 2 is 2.38 bits per heavy atom. The number of hydrogen-bond donors (Lipinski definition) is 2. The number of aromatic amines is 1. The lowest BCUT2D eigenvalue weighted by atomic mass is 10.1. The molecule has 1 aliphatic heterocycles. The van der Waals surface area contributed by atoms with Crippen LogP contribution in [0.2, 0.25) is 0 Å². The molecule has 0 spiro atoms. The van der Waals surface area contributed by atoms with Crippen molar-refractivity contribution in [3.63, 3.8) is 0 Å². The summed E-state index contributed by atoms with van der Waals surface area (Å²) in [5, 5.41) is 10.8. The normalized spacial score (nSPS) is 19.6. The summed E-state index contributed by atoms with van der Waals surface area (Å²) in [5.41, 5.74) is 5.80. The van der Waals surface area contributed by atoms with Crippen molar-refractivity contribution in [3.05, 3.63) is 33.0 Å². The van der Waals surface area contributed by atoms with E-state index in [9.17, 15) is 4.79 Å². The highest BCUT2D eigenvalue weighted by Gasteiger charge is 2.29. The predicted molar refractivity (Wildman–Crippen MR) is 93.2 cm³/mol. The van der Waals surface area contributed by atoms with Crippen LogP contribution in [-0.4, -0.2) is 45.6 Å². The fourth-order valence-electron chi connectivity index (χ4n) is 3.70. The zero-order valence-electron chi connectivity index (χ0n) is 14.0. The summed E-state index contributed by atoms with van der Waals surface area (Å²) >= 11 is 1.63. The van der Waals surface area contributed by atoms with Crippen LogP contribution in [0.3, 0.4) is 0 Å². The topological polar surface area (TPSA) is 73.9 Å². The summed E-state index contributed by atoms with van der Waals surface area (Å²) in [6, 6.07) is 0. The van der Waals surface area contributed by atoms with Crippen LogP contribution in [0, 0.1) is 12.8 Å². The number of hydrogen-bond acceptors (Lipinski definition) is 5. The highest BCUT2D eigenvalue weighted by atomic mass is 32.1. The van der Waals surface area contributed by atoms with E-state index >= 15 is 0 Å². The smallest absolute Gasteiger partial charge is 0.274 e. The average molecular weight is 345 g/mol. The first-order valence-corrected chi connectivity index (χ1v) is 9.55. The van der Waals surface area contributed by atoms with Gasteiger partial charge in [0.1, 0.15) is 0 Å². The van der Waals surface area contributed by atoms with Crippen molar-refractivity contribution >= 4 is 17.2 Å². The summed E-state index contributed by atoms with van der Waals surface area (Å²) in [7, 11) is 0. The number of thiazole rings is 1. The Morgan fingerprint density at radius 3 is 3.12 bits per heavy atom. The van der Waals surface area contributed by atoms with E-state index in [1.165, 1.54) is 4.88 Å². The summed E-state index contributed by atoms with van der Waals surface area (Å²) in [6.45, 7) is 5.46. The third-order valence-electron chi connectivity index (χ3n) is 5.12. The highest BCUT2D eigenvalue weighted by Crippen LogP contribution is 2.25. The second kappa shape index (κ2) is 6.64. The molecule has 1 saturated heterocycles. The van der Waals surface area contributed by atoms with Gasteiger partial charge in [-0.05, 0) is 51.6 Å². The maximum atomic E-state index is 13.2. The molecule has 7 heteroatoms. The van der Waals surface area contributed by atoms with E-state index in [1.54, 1.807) is 11.3 Å². The quantitative estimate of drug-likeness (QED) is 0.868. The molecule has 6 nitrogen and oxygen atoms in total. The molecular weight excluding hydrogens is 322 g/mol. The van der Waals surface area contributed by atoms with E-state index in [1.807, 2.05) is 17.3 Å². The van der Waals surface area contributed by atoms with Crippen LogP contribution in [-0.2, 0) is 19.4 Å². The third-order valence-corrected chi connectivity index (χ3v) is 6.04. The Kier molecular flexibility index (Phi) is 4.37. The Hall–Kier alpha value is -1.73. The summed E-state index contributed by atoms with van der Waals surface area (Å²) in [5.74, 6) is 0.586. The molecular formula is C17H23N5OS. The Labute approximate surface area is 145 Å². The summed E-state index contributed by atoms with van der Waals surface area (Å²) < 4.78 is 0. The highest BCUT2D eigenvalue weighted by molar-refractivity contribution is 7.09. The van der Waals surface area contributed by atoms with Crippen LogP contribution in [0.5, 0.6) is 0 Å². The number of carbonyl (C=O) groups excluding carboxylic acids is 1. The zero-order valence-corrected chi connectivity index (χ0v) is 14.8. The maximum absolute atomic E-state index is 13.2. The van der Waals surface area contributed by atoms with E-state index in [0.717, 1.165) is 62.3 Å². The standard InChI is InChI=1S/C17H23N5OS/c1-11-15(24-10-19-11)9-22(8-12-5-6-18-7-12)17(23)16-13-3-2-4-14(13)20-21-16/h10,12,18H,2-9H2,1H3,(H,20,21)/t12-/m0/s1. The average Bonchev–Trinajstić information content (AvgIpc) is 3.31. The van der Waals surface area contributed by atoms with Crippen molar-refractivity contribution < 1.29 is 4.79 Å². The molecule has 4 rings (SSSR count). The molecule has 2 aromatic rings. The van der Waals surface area contributed by atoms with Gasteiger partial charge in [0, 0.05) is 22.7 Å². The van der Waals surface area contributed by atoms with Gasteiger partial charge in [-0.15, -0.1) is 11.3 Å². The number of rotatable bonds is 5. The fraction of sp³-hybridized carbons (Fsp3) is 0.588. The molecule has 2 aromatic heterocycles. The summed E-state index contributed by atoms with van der Waals surface area (Å²) in [4.78, 5) is 20.7. The molecule has 0 aromatic carbocycles. The minimum atomic E-state index is 0.0640. The van der Waals surface area contributed by atoms with Crippen LogP contribution in [0.1, 0.15) is 45.2 Å². The molecule has 1 amide bonds. The van der Waals surface area contributed by atoms with Gasteiger partial charge >= 0.3 is 0 Å². The van der Waals surface area contributed by atoms with Gasteiger partial charge in [0.25, 0.3) is 5.91 Å². The minimum absolute atomic E-state index is 0.0640. The monoisotopic (exact) mass is 345 g/mol. The largest absolute Gasteiger partial charge is 0.332 e. The number of fused-ring (bicyclic) bond motifs is 1. The Balaban J connectivity index is 1.58. The first-order valence-electron chi connectivity index (χ1n) is 8.67. The first-order chi connectivity index (χ1) is 11.7. The van der Waals surface area contributed by atoms with Crippen molar-refractivity contribution in [2.75, 3.05) is 19.6 Å². The number of H-pyrrole nitrogens is 1. The minimum Gasteiger partial charge on any atom is -0.332 e. The van der Waals surface area contributed by atoms with E-state index in [0.29, 0.717) is 18.2 Å². The van der Waals surface area contributed by atoms with Gasteiger partial charge in [-0.1, -0.05) is 0 Å². The summed E-state index contributed by atoms with van der Waals surface area (Å²) in [6.07, 6.45) is 4.22. The second-order valence-electron chi connectivity index (χ2n) is 6.79. The number of carbonyl (C=O) groups is 1. The maximum Gasteiger partial charge on any atom is 0.274 e. The van der Waals surface area contributed by atoms with Gasteiger partial charge in [0.2, 0.25) is 0 Å². The van der Waals surface area contributed by atoms with E-state index in [4.69, 9.17) is 0 Å². The van der Waals surface area contributed by atoms with Gasteiger partial charge in [-0.3, -0.25) is 9.89 Å². The first kappa shape index (κ1) is 15.8. The third kappa shape index (κ3) is 2.98. The van der Waals surface area contributed by atoms with Crippen molar-refractivity contribution in [2.24, 2.45) is 5.92 Å². The van der Waals surface area contributed by atoms with Crippen LogP contribution in [0.4, 0.5) is 0 Å². The molecule has 0 saturated carbocycles. The molecule has 24 heavy (non-hydrogen) atoms. The molecule has 1 atom stereocenters. The van der Waals surface area contributed by atoms with Gasteiger partial charge in [-0.2, -0.15) is 5.10 Å². The van der Waals surface area contributed by atoms with Crippen molar-refractivity contribution in [1.29, 1.82) is 0 Å². The van der Waals surface area contributed by atoms with Crippen molar-refractivity contribution in [2.45, 2.75) is 39.2 Å². The predicted octanol–water partition coefficient (Wildman–Crippen LogP) is 1.92. The Bertz CT molecular complexity index is 731. The van der Waals surface area contributed by atoms with Crippen LogP contribution >= 0.6 is 11.3 Å². The lowest BCUT2D eigenvalue weighted by Crippen LogP contribution is -2.36. The zero-order chi connectivity index (χ0) is 16.5. The van der Waals surface area contributed by atoms with Gasteiger partial charge in [0.05, 0.1) is 17.7 Å². The Morgan fingerprint density at radius 1 is 1.46 bits per heavy atom. The van der Waals surface area contributed by atoms with Gasteiger partial charge in [0.15, 0.2) is 5.69 Å². The van der Waals surface area contributed by atoms with Crippen LogP contribution in [0.15, 0.2) is 5.51 Å². The van der Waals surface area contributed by atoms with Gasteiger partial charge in [-0.25, -0.2) is 4.98 Å².